The zero-order valence-corrected chi connectivity index (χ0v) is 12.9. The molecule has 1 amide bonds. The summed E-state index contributed by atoms with van der Waals surface area (Å²) in [7, 11) is 0. The lowest BCUT2D eigenvalue weighted by molar-refractivity contribution is 0.0924. The molecule has 1 fully saturated rings. The molecule has 5 nitrogen and oxygen atoms in total. The first kappa shape index (κ1) is 16.7. The van der Waals surface area contributed by atoms with Gasteiger partial charge < -0.3 is 15.6 Å². The van der Waals surface area contributed by atoms with Crippen molar-refractivity contribution in [1.29, 1.82) is 0 Å². The zero-order valence-electron chi connectivity index (χ0n) is 12.1. The predicted molar refractivity (Wildman–Crippen MR) is 80.9 cm³/mol. The van der Waals surface area contributed by atoms with Crippen molar-refractivity contribution in [1.82, 2.24) is 15.6 Å². The molecule has 1 aromatic rings. The maximum atomic E-state index is 12.2. The number of hydrogen-bond donors (Lipinski definition) is 3. The molecule has 3 N–H and O–H groups in total. The molecule has 0 aliphatic carbocycles. The highest BCUT2D eigenvalue weighted by molar-refractivity contribution is 6.02. The normalized spacial score (nSPS) is 15.6. The number of carbonyl (C=O) groups is 2. The Labute approximate surface area is 125 Å². The molecule has 0 bridgehead atoms. The lowest BCUT2D eigenvalue weighted by Gasteiger charge is -2.23. The van der Waals surface area contributed by atoms with E-state index in [0.29, 0.717) is 11.3 Å². The minimum absolute atomic E-state index is 0. The van der Waals surface area contributed by atoms with Gasteiger partial charge in [-0.3, -0.25) is 9.59 Å². The van der Waals surface area contributed by atoms with E-state index in [1.54, 1.807) is 0 Å². The molecule has 1 aromatic heterocycles. The molecule has 1 aliphatic heterocycles. The quantitative estimate of drug-likeness (QED) is 0.744. The highest BCUT2D eigenvalue weighted by Crippen LogP contribution is 2.18. The van der Waals surface area contributed by atoms with Gasteiger partial charge in [0.15, 0.2) is 5.78 Å². The van der Waals surface area contributed by atoms with E-state index in [1.807, 2.05) is 13.8 Å². The van der Waals surface area contributed by atoms with Crippen molar-refractivity contribution in [2.24, 2.45) is 0 Å². The molecule has 0 spiro atoms. The van der Waals surface area contributed by atoms with Crippen molar-refractivity contribution in [3.05, 3.63) is 22.5 Å². The Balaban J connectivity index is 0.00000200. The maximum absolute atomic E-state index is 12.2. The predicted octanol–water partition coefficient (Wildman–Crippen LogP) is 1.74. The Morgan fingerprint density at radius 2 is 1.80 bits per heavy atom. The van der Waals surface area contributed by atoms with Gasteiger partial charge in [0.2, 0.25) is 0 Å². The smallest absolute Gasteiger partial charge is 0.268 e. The number of Topliss-reactive ketones (excluding diaryl/α,β-unsaturated/α-hetero) is 1. The van der Waals surface area contributed by atoms with Crippen LogP contribution in [0.4, 0.5) is 0 Å². The van der Waals surface area contributed by atoms with E-state index < -0.39 is 0 Å². The molecule has 1 saturated heterocycles. The number of hydrogen-bond acceptors (Lipinski definition) is 3. The first-order chi connectivity index (χ1) is 9.00. The molecule has 0 saturated carbocycles. The van der Waals surface area contributed by atoms with Crippen LogP contribution in [0.5, 0.6) is 0 Å². The fourth-order valence-corrected chi connectivity index (χ4v) is 2.73. The number of piperidine rings is 1. The van der Waals surface area contributed by atoms with Crippen LogP contribution in [-0.2, 0) is 0 Å². The summed E-state index contributed by atoms with van der Waals surface area (Å²) in [5, 5.41) is 6.30. The summed E-state index contributed by atoms with van der Waals surface area (Å²) in [5.74, 6) is -0.118. The Morgan fingerprint density at radius 1 is 1.20 bits per heavy atom. The lowest BCUT2D eigenvalue weighted by Crippen LogP contribution is -2.43. The van der Waals surface area contributed by atoms with Gasteiger partial charge in [0.1, 0.15) is 5.69 Å². The first-order valence-electron chi connectivity index (χ1n) is 6.72. The molecular formula is C14H22ClN3O2. The second-order valence-corrected chi connectivity index (χ2v) is 5.18. The van der Waals surface area contributed by atoms with Crippen LogP contribution in [0.25, 0.3) is 0 Å². The fourth-order valence-electron chi connectivity index (χ4n) is 2.73. The SMILES string of the molecule is CC(=O)c1c(C)[nH]c(C(=O)NC2CCNCC2)c1C.Cl. The number of aromatic nitrogens is 1. The number of H-pyrrole nitrogens is 1. The number of ketones is 1. The minimum atomic E-state index is -0.111. The number of nitrogens with one attached hydrogen (secondary N) is 3. The van der Waals surface area contributed by atoms with Crippen LogP contribution in [0.15, 0.2) is 0 Å². The van der Waals surface area contributed by atoms with E-state index >= 15 is 0 Å². The highest BCUT2D eigenvalue weighted by atomic mass is 35.5. The average Bonchev–Trinajstić information content (AvgIpc) is 2.66. The summed E-state index contributed by atoms with van der Waals surface area (Å²) in [6.45, 7) is 7.04. The van der Waals surface area contributed by atoms with Gasteiger partial charge >= 0.3 is 0 Å². The number of rotatable bonds is 3. The molecule has 0 aromatic carbocycles. The standard InChI is InChI=1S/C14H21N3O2.ClH/c1-8-12(10(3)18)9(2)16-13(8)14(19)17-11-4-6-15-7-5-11;/h11,15-16H,4-7H2,1-3H3,(H,17,19);1H. The Bertz CT molecular complexity index is 505. The molecule has 0 unspecified atom stereocenters. The second-order valence-electron chi connectivity index (χ2n) is 5.18. The lowest BCUT2D eigenvalue weighted by atomic mass is 10.0. The van der Waals surface area contributed by atoms with Gasteiger partial charge in [-0.2, -0.15) is 0 Å². The van der Waals surface area contributed by atoms with Crippen LogP contribution in [0.3, 0.4) is 0 Å². The van der Waals surface area contributed by atoms with Gasteiger partial charge in [-0.25, -0.2) is 0 Å². The van der Waals surface area contributed by atoms with E-state index in [0.717, 1.165) is 37.2 Å². The summed E-state index contributed by atoms with van der Waals surface area (Å²) in [4.78, 5) is 26.8. The van der Waals surface area contributed by atoms with E-state index in [-0.39, 0.29) is 30.1 Å². The molecule has 6 heteroatoms. The number of aryl methyl sites for hydroxylation is 1. The van der Waals surface area contributed by atoms with Gasteiger partial charge in [-0.05, 0) is 52.3 Å². The molecule has 2 rings (SSSR count). The minimum Gasteiger partial charge on any atom is -0.354 e. The zero-order chi connectivity index (χ0) is 14.0. The first-order valence-corrected chi connectivity index (χ1v) is 6.72. The van der Waals surface area contributed by atoms with Crippen molar-refractivity contribution in [2.75, 3.05) is 13.1 Å². The van der Waals surface area contributed by atoms with Gasteiger partial charge in [0.25, 0.3) is 5.91 Å². The van der Waals surface area contributed by atoms with E-state index in [9.17, 15) is 9.59 Å². The highest BCUT2D eigenvalue weighted by Gasteiger charge is 2.22. The Kier molecular flexibility index (Phi) is 5.77. The topological polar surface area (TPSA) is 74.0 Å². The number of halogens is 1. The van der Waals surface area contributed by atoms with Crippen LogP contribution >= 0.6 is 12.4 Å². The molecular weight excluding hydrogens is 278 g/mol. The largest absolute Gasteiger partial charge is 0.354 e. The van der Waals surface area contributed by atoms with Gasteiger partial charge in [0, 0.05) is 17.3 Å². The maximum Gasteiger partial charge on any atom is 0.268 e. The summed E-state index contributed by atoms with van der Waals surface area (Å²) < 4.78 is 0. The van der Waals surface area contributed by atoms with Gasteiger partial charge in [-0.15, -0.1) is 12.4 Å². The van der Waals surface area contributed by atoms with Gasteiger partial charge in [0.05, 0.1) is 0 Å². The third kappa shape index (κ3) is 3.41. The van der Waals surface area contributed by atoms with Crippen molar-refractivity contribution in [3.8, 4) is 0 Å². The Morgan fingerprint density at radius 3 is 2.30 bits per heavy atom. The molecule has 1 aliphatic rings. The second kappa shape index (κ2) is 6.90. The van der Waals surface area contributed by atoms with Crippen molar-refractivity contribution >= 4 is 24.1 Å². The van der Waals surface area contributed by atoms with E-state index in [1.165, 1.54) is 6.92 Å². The summed E-state index contributed by atoms with van der Waals surface area (Å²) in [6.07, 6.45) is 1.90. The van der Waals surface area contributed by atoms with Crippen LogP contribution in [0.2, 0.25) is 0 Å². The molecule has 0 atom stereocenters. The number of aromatic amines is 1. The summed E-state index contributed by atoms with van der Waals surface area (Å²) in [5.41, 5.74) is 2.66. The molecule has 2 heterocycles. The average molecular weight is 300 g/mol. The Hall–Kier alpha value is -1.33. The van der Waals surface area contributed by atoms with Crippen LogP contribution < -0.4 is 10.6 Å². The van der Waals surface area contributed by atoms with Crippen molar-refractivity contribution in [3.63, 3.8) is 0 Å². The number of amides is 1. The van der Waals surface area contributed by atoms with Crippen LogP contribution in [0, 0.1) is 13.8 Å². The van der Waals surface area contributed by atoms with E-state index in [2.05, 4.69) is 15.6 Å². The molecule has 112 valence electrons. The fraction of sp³-hybridized carbons (Fsp3) is 0.571. The van der Waals surface area contributed by atoms with Gasteiger partial charge in [-0.1, -0.05) is 0 Å². The number of carbonyl (C=O) groups excluding carboxylic acids is 2. The molecule has 0 radical (unpaired) electrons. The van der Waals surface area contributed by atoms with Crippen molar-refractivity contribution < 1.29 is 9.59 Å². The van der Waals surface area contributed by atoms with Crippen molar-refractivity contribution in [2.45, 2.75) is 39.7 Å². The third-order valence-electron chi connectivity index (χ3n) is 3.69. The van der Waals surface area contributed by atoms with Crippen LogP contribution in [-0.4, -0.2) is 35.8 Å². The third-order valence-corrected chi connectivity index (χ3v) is 3.69. The van der Waals surface area contributed by atoms with E-state index in [4.69, 9.17) is 0 Å². The summed E-state index contributed by atoms with van der Waals surface area (Å²) >= 11 is 0. The van der Waals surface area contributed by atoms with Crippen LogP contribution in [0.1, 0.15) is 51.9 Å². The monoisotopic (exact) mass is 299 g/mol. The molecule has 20 heavy (non-hydrogen) atoms. The summed E-state index contributed by atoms with van der Waals surface area (Å²) in [6, 6.07) is 0.220.